The van der Waals surface area contributed by atoms with Crippen molar-refractivity contribution in [3.8, 4) is 5.75 Å². The molecule has 0 N–H and O–H groups in total. The number of nitrogens with zero attached hydrogens (tertiary/aromatic N) is 1. The molecule has 22 heavy (non-hydrogen) atoms. The van der Waals surface area contributed by atoms with Crippen molar-refractivity contribution in [3.63, 3.8) is 0 Å². The highest BCUT2D eigenvalue weighted by molar-refractivity contribution is 5.75. The van der Waals surface area contributed by atoms with Crippen LogP contribution in [0.3, 0.4) is 0 Å². The molecular formula is C15H20F3NO3. The number of carbonyl (C=O) groups excluding carboxylic acids is 1. The van der Waals surface area contributed by atoms with Gasteiger partial charge in [-0.1, -0.05) is 12.1 Å². The van der Waals surface area contributed by atoms with Gasteiger partial charge >= 0.3 is 12.1 Å². The largest absolute Gasteiger partial charge is 0.497 e. The molecule has 1 rings (SSSR count). The number of alkyl halides is 3. The normalized spacial score (nSPS) is 14.5. The third kappa shape index (κ3) is 5.55. The van der Waals surface area contributed by atoms with Crippen LogP contribution in [0.15, 0.2) is 24.3 Å². The topological polar surface area (TPSA) is 38.8 Å². The fourth-order valence-electron chi connectivity index (χ4n) is 1.83. The standard InChI is InChI=1S/C15H20F3NO3/c1-10(19(3)9-15(16,17)18)14(20)22-11(2)12-6-5-7-13(8-12)21-4/h5-8,10-11H,9H2,1-4H3/t10-,11-/m0/s1. The van der Waals surface area contributed by atoms with Gasteiger partial charge in [0.05, 0.1) is 13.7 Å². The van der Waals surface area contributed by atoms with Gasteiger partial charge in [-0.05, 0) is 38.6 Å². The Labute approximate surface area is 127 Å². The SMILES string of the molecule is COc1cccc([C@H](C)OC(=O)[C@H](C)N(C)CC(F)(F)F)c1. The number of carbonyl (C=O) groups is 1. The third-order valence-corrected chi connectivity index (χ3v) is 3.29. The van der Waals surface area contributed by atoms with E-state index in [-0.39, 0.29) is 0 Å². The van der Waals surface area contributed by atoms with E-state index >= 15 is 0 Å². The van der Waals surface area contributed by atoms with Crippen LogP contribution >= 0.6 is 0 Å². The second-order valence-corrected chi connectivity index (χ2v) is 5.06. The molecule has 2 atom stereocenters. The van der Waals surface area contributed by atoms with Crippen LogP contribution in [0.2, 0.25) is 0 Å². The summed E-state index contributed by atoms with van der Waals surface area (Å²) in [6.45, 7) is 1.87. The Bertz CT molecular complexity index is 505. The minimum Gasteiger partial charge on any atom is -0.497 e. The van der Waals surface area contributed by atoms with E-state index in [2.05, 4.69) is 0 Å². The van der Waals surface area contributed by atoms with Crippen molar-refractivity contribution >= 4 is 5.97 Å². The molecule has 1 aromatic carbocycles. The van der Waals surface area contributed by atoms with Crippen LogP contribution in [-0.4, -0.2) is 43.8 Å². The molecule has 0 aliphatic heterocycles. The lowest BCUT2D eigenvalue weighted by Crippen LogP contribution is -2.42. The first kappa shape index (κ1) is 18.3. The maximum Gasteiger partial charge on any atom is 0.401 e. The van der Waals surface area contributed by atoms with E-state index in [0.29, 0.717) is 11.3 Å². The zero-order valence-electron chi connectivity index (χ0n) is 13.0. The molecule has 0 unspecified atom stereocenters. The molecule has 0 spiro atoms. The summed E-state index contributed by atoms with van der Waals surface area (Å²) in [7, 11) is 2.75. The Morgan fingerprint density at radius 2 is 1.95 bits per heavy atom. The maximum absolute atomic E-state index is 12.3. The highest BCUT2D eigenvalue weighted by Crippen LogP contribution is 2.23. The van der Waals surface area contributed by atoms with Gasteiger partial charge in [-0.15, -0.1) is 0 Å². The quantitative estimate of drug-likeness (QED) is 0.755. The number of rotatable bonds is 6. The minimum atomic E-state index is -4.36. The fourth-order valence-corrected chi connectivity index (χ4v) is 1.83. The van der Waals surface area contributed by atoms with E-state index in [1.54, 1.807) is 31.2 Å². The summed E-state index contributed by atoms with van der Waals surface area (Å²) in [6, 6.07) is 5.97. The van der Waals surface area contributed by atoms with E-state index in [4.69, 9.17) is 9.47 Å². The van der Waals surface area contributed by atoms with Gasteiger partial charge in [-0.25, -0.2) is 0 Å². The molecule has 1 aromatic rings. The third-order valence-electron chi connectivity index (χ3n) is 3.29. The zero-order chi connectivity index (χ0) is 16.9. The van der Waals surface area contributed by atoms with Gasteiger partial charge in [0.2, 0.25) is 0 Å². The average Bonchev–Trinajstić information content (AvgIpc) is 2.44. The molecule has 0 aromatic heterocycles. The second-order valence-electron chi connectivity index (χ2n) is 5.06. The lowest BCUT2D eigenvalue weighted by atomic mass is 10.1. The van der Waals surface area contributed by atoms with Gasteiger partial charge in [0.1, 0.15) is 17.9 Å². The molecule has 0 saturated carbocycles. The highest BCUT2D eigenvalue weighted by atomic mass is 19.4. The Morgan fingerprint density at radius 1 is 1.32 bits per heavy atom. The average molecular weight is 319 g/mol. The predicted molar refractivity (Wildman–Crippen MR) is 75.6 cm³/mol. The van der Waals surface area contributed by atoms with Gasteiger partial charge in [0, 0.05) is 0 Å². The van der Waals surface area contributed by atoms with Crippen LogP contribution in [0.4, 0.5) is 13.2 Å². The van der Waals surface area contributed by atoms with Crippen molar-refractivity contribution in [2.75, 3.05) is 20.7 Å². The van der Waals surface area contributed by atoms with Crippen LogP contribution < -0.4 is 4.74 Å². The van der Waals surface area contributed by atoms with E-state index < -0.39 is 30.8 Å². The van der Waals surface area contributed by atoms with Crippen molar-refractivity contribution in [1.29, 1.82) is 0 Å². The van der Waals surface area contributed by atoms with Gasteiger partial charge in [-0.2, -0.15) is 13.2 Å². The predicted octanol–water partition coefficient (Wildman–Crippen LogP) is 3.18. The lowest BCUT2D eigenvalue weighted by Gasteiger charge is -2.25. The van der Waals surface area contributed by atoms with Crippen molar-refractivity contribution in [3.05, 3.63) is 29.8 Å². The smallest absolute Gasteiger partial charge is 0.401 e. The molecule has 0 radical (unpaired) electrons. The number of benzene rings is 1. The highest BCUT2D eigenvalue weighted by Gasteiger charge is 2.33. The monoisotopic (exact) mass is 319 g/mol. The van der Waals surface area contributed by atoms with Gasteiger partial charge in [0.15, 0.2) is 0 Å². The van der Waals surface area contributed by atoms with Crippen LogP contribution in [0.5, 0.6) is 5.75 Å². The van der Waals surface area contributed by atoms with Crippen molar-refractivity contribution in [2.24, 2.45) is 0 Å². The fraction of sp³-hybridized carbons (Fsp3) is 0.533. The minimum absolute atomic E-state index is 0.579. The lowest BCUT2D eigenvalue weighted by molar-refractivity contribution is -0.164. The first-order valence-corrected chi connectivity index (χ1v) is 6.75. The van der Waals surface area contributed by atoms with Gasteiger partial charge in [0.25, 0.3) is 0 Å². The number of hydrogen-bond acceptors (Lipinski definition) is 4. The number of methoxy groups -OCH3 is 1. The summed E-state index contributed by atoms with van der Waals surface area (Å²) in [5, 5.41) is 0. The molecule has 0 aliphatic rings. The van der Waals surface area contributed by atoms with E-state index in [0.717, 1.165) is 4.90 Å². The van der Waals surface area contributed by atoms with Crippen LogP contribution in [0.25, 0.3) is 0 Å². The molecule has 4 nitrogen and oxygen atoms in total. The number of ether oxygens (including phenoxy) is 2. The van der Waals surface area contributed by atoms with Gasteiger partial charge < -0.3 is 9.47 Å². The molecule has 0 amide bonds. The molecule has 0 bridgehead atoms. The molecule has 0 heterocycles. The molecular weight excluding hydrogens is 299 g/mol. The summed E-state index contributed by atoms with van der Waals surface area (Å²) in [4.78, 5) is 12.8. The Morgan fingerprint density at radius 3 is 2.50 bits per heavy atom. The maximum atomic E-state index is 12.3. The summed E-state index contributed by atoms with van der Waals surface area (Å²) in [5.41, 5.74) is 0.707. The van der Waals surface area contributed by atoms with Gasteiger partial charge in [-0.3, -0.25) is 9.69 Å². The summed E-state index contributed by atoms with van der Waals surface area (Å²) >= 11 is 0. The molecule has 0 aliphatic carbocycles. The Hall–Kier alpha value is -1.76. The number of esters is 1. The number of hydrogen-bond donors (Lipinski definition) is 0. The van der Waals surface area contributed by atoms with E-state index in [1.807, 2.05) is 0 Å². The number of halogens is 3. The summed E-state index contributed by atoms with van der Waals surface area (Å²) in [6.07, 6.45) is -4.94. The van der Waals surface area contributed by atoms with Crippen LogP contribution in [-0.2, 0) is 9.53 Å². The number of likely N-dealkylation sites (N-methyl/N-ethyl adjacent to an activating group) is 1. The van der Waals surface area contributed by atoms with Crippen molar-refractivity contribution in [2.45, 2.75) is 32.2 Å². The Balaban J connectivity index is 2.66. The Kier molecular flexibility index (Phi) is 6.22. The van der Waals surface area contributed by atoms with Crippen molar-refractivity contribution < 1.29 is 27.4 Å². The van der Waals surface area contributed by atoms with E-state index in [9.17, 15) is 18.0 Å². The van der Waals surface area contributed by atoms with Crippen molar-refractivity contribution in [1.82, 2.24) is 4.90 Å². The molecule has 7 heteroatoms. The summed E-state index contributed by atoms with van der Waals surface area (Å²) in [5.74, 6) is -0.0929. The first-order chi connectivity index (χ1) is 10.1. The molecule has 0 fully saturated rings. The van der Waals surface area contributed by atoms with E-state index in [1.165, 1.54) is 21.1 Å². The first-order valence-electron chi connectivity index (χ1n) is 6.75. The van der Waals surface area contributed by atoms with Crippen LogP contribution in [0, 0.1) is 0 Å². The molecule has 0 saturated heterocycles. The zero-order valence-corrected chi connectivity index (χ0v) is 13.0. The molecule has 124 valence electrons. The summed E-state index contributed by atoms with van der Waals surface area (Å²) < 4.78 is 47.3. The second kappa shape index (κ2) is 7.49. The van der Waals surface area contributed by atoms with Crippen LogP contribution in [0.1, 0.15) is 25.5 Å².